The largest absolute Gasteiger partial charge is 0.0596 e. The molecule has 2 aliphatic carbocycles. The zero-order chi connectivity index (χ0) is 13.0. The van der Waals surface area contributed by atoms with Crippen molar-refractivity contribution < 1.29 is 0 Å². The second-order valence-corrected chi connectivity index (χ2v) is 7.51. The fraction of sp³-hybridized carbons (Fsp3) is 0.667. The van der Waals surface area contributed by atoms with Crippen LogP contribution >= 0.6 is 0 Å². The van der Waals surface area contributed by atoms with E-state index in [1.807, 2.05) is 0 Å². The topological polar surface area (TPSA) is 0 Å². The molecule has 0 spiro atoms. The van der Waals surface area contributed by atoms with Gasteiger partial charge in [0.05, 0.1) is 0 Å². The van der Waals surface area contributed by atoms with Gasteiger partial charge in [0.1, 0.15) is 0 Å². The Morgan fingerprint density at radius 3 is 2.67 bits per heavy atom. The third kappa shape index (κ3) is 1.65. The number of hydrogen-bond acceptors (Lipinski definition) is 0. The van der Waals surface area contributed by atoms with Crippen LogP contribution in [0.1, 0.15) is 63.1 Å². The van der Waals surface area contributed by atoms with Crippen molar-refractivity contribution in [3.63, 3.8) is 0 Å². The number of hydrogen-bond donors (Lipinski definition) is 0. The summed E-state index contributed by atoms with van der Waals surface area (Å²) in [6.45, 7) is 9.74. The van der Waals surface area contributed by atoms with Crippen molar-refractivity contribution in [1.29, 1.82) is 0 Å². The van der Waals surface area contributed by atoms with E-state index in [9.17, 15) is 0 Å². The van der Waals surface area contributed by atoms with Gasteiger partial charge in [-0.05, 0) is 60.5 Å². The molecular weight excluding hydrogens is 216 g/mol. The van der Waals surface area contributed by atoms with E-state index < -0.39 is 0 Å². The van der Waals surface area contributed by atoms with Gasteiger partial charge >= 0.3 is 0 Å². The molecule has 18 heavy (non-hydrogen) atoms. The minimum Gasteiger partial charge on any atom is -0.0596 e. The lowest BCUT2D eigenvalue weighted by Gasteiger charge is -2.54. The summed E-state index contributed by atoms with van der Waals surface area (Å²) in [5, 5.41) is 0. The highest BCUT2D eigenvalue weighted by molar-refractivity contribution is 5.40. The minimum atomic E-state index is 0.434. The smallest absolute Gasteiger partial charge is 0.00391 e. The number of benzene rings is 1. The summed E-state index contributed by atoms with van der Waals surface area (Å²) >= 11 is 0. The number of aryl methyl sites for hydroxylation is 2. The van der Waals surface area contributed by atoms with E-state index in [0.29, 0.717) is 10.8 Å². The van der Waals surface area contributed by atoms with Crippen molar-refractivity contribution in [3.05, 3.63) is 34.9 Å². The average Bonchev–Trinajstić information content (AvgIpc) is 2.27. The molecule has 0 saturated heterocycles. The summed E-state index contributed by atoms with van der Waals surface area (Å²) in [6, 6.07) is 7.17. The Morgan fingerprint density at radius 1 is 1.11 bits per heavy atom. The van der Waals surface area contributed by atoms with Crippen LogP contribution in [0.15, 0.2) is 18.2 Å². The zero-order valence-electron chi connectivity index (χ0n) is 12.3. The molecule has 0 amide bonds. The molecule has 0 heterocycles. The van der Waals surface area contributed by atoms with Crippen LogP contribution in [0, 0.1) is 18.3 Å². The lowest BCUT2D eigenvalue weighted by molar-refractivity contribution is 0.0407. The van der Waals surface area contributed by atoms with Crippen molar-refractivity contribution >= 4 is 0 Å². The Labute approximate surface area is 112 Å². The monoisotopic (exact) mass is 242 g/mol. The molecule has 3 rings (SSSR count). The Kier molecular flexibility index (Phi) is 2.63. The lowest BCUT2D eigenvalue weighted by atomic mass is 9.50. The van der Waals surface area contributed by atoms with E-state index in [1.54, 1.807) is 11.1 Å². The zero-order valence-corrected chi connectivity index (χ0v) is 12.3. The average molecular weight is 242 g/mol. The standard InChI is InChI=1S/C18H26/c1-13-6-8-15-14(12-13)7-9-16-17(2,3)10-5-11-18(15,16)4/h6,8,12,16H,5,7,9-11H2,1-4H3/t16?,18-/m1/s1. The highest BCUT2D eigenvalue weighted by Crippen LogP contribution is 2.56. The van der Waals surface area contributed by atoms with Gasteiger partial charge < -0.3 is 0 Å². The van der Waals surface area contributed by atoms with Gasteiger partial charge in [-0.25, -0.2) is 0 Å². The molecule has 0 N–H and O–H groups in total. The van der Waals surface area contributed by atoms with Gasteiger partial charge in [-0.2, -0.15) is 0 Å². The van der Waals surface area contributed by atoms with Crippen LogP contribution in [0.5, 0.6) is 0 Å². The van der Waals surface area contributed by atoms with Crippen molar-refractivity contribution in [1.82, 2.24) is 0 Å². The van der Waals surface area contributed by atoms with E-state index >= 15 is 0 Å². The second-order valence-electron chi connectivity index (χ2n) is 7.51. The quantitative estimate of drug-likeness (QED) is 0.599. The normalized spacial score (nSPS) is 33.7. The predicted octanol–water partition coefficient (Wildman–Crippen LogP) is 5.03. The molecule has 1 saturated carbocycles. The molecule has 1 aromatic carbocycles. The van der Waals surface area contributed by atoms with Crippen LogP contribution < -0.4 is 0 Å². The Hall–Kier alpha value is -0.780. The van der Waals surface area contributed by atoms with Crippen LogP contribution in [0.2, 0.25) is 0 Å². The molecule has 0 aromatic heterocycles. The fourth-order valence-electron chi connectivity index (χ4n) is 4.94. The predicted molar refractivity (Wildman–Crippen MR) is 78.0 cm³/mol. The molecule has 0 aliphatic heterocycles. The summed E-state index contributed by atoms with van der Waals surface area (Å²) in [5.74, 6) is 0.869. The highest BCUT2D eigenvalue weighted by atomic mass is 14.5. The van der Waals surface area contributed by atoms with Gasteiger partial charge in [0, 0.05) is 0 Å². The van der Waals surface area contributed by atoms with Crippen molar-refractivity contribution in [3.8, 4) is 0 Å². The summed E-state index contributed by atoms with van der Waals surface area (Å²) in [6.07, 6.45) is 6.87. The first-order chi connectivity index (χ1) is 8.43. The van der Waals surface area contributed by atoms with Crippen molar-refractivity contribution in [2.24, 2.45) is 11.3 Å². The van der Waals surface area contributed by atoms with Gasteiger partial charge in [0.25, 0.3) is 0 Å². The first-order valence-corrected chi connectivity index (χ1v) is 7.53. The SMILES string of the molecule is Cc1ccc2c(c1)CCC1C(C)(C)CCC[C@]21C. The van der Waals surface area contributed by atoms with E-state index in [1.165, 1.54) is 37.7 Å². The summed E-state index contributed by atoms with van der Waals surface area (Å²) in [4.78, 5) is 0. The molecule has 98 valence electrons. The highest BCUT2D eigenvalue weighted by Gasteiger charge is 2.49. The molecule has 0 bridgehead atoms. The first kappa shape index (κ1) is 12.3. The Morgan fingerprint density at radius 2 is 1.89 bits per heavy atom. The Bertz CT molecular complexity index is 469. The molecule has 1 unspecified atom stereocenters. The van der Waals surface area contributed by atoms with Crippen LogP contribution in [0.3, 0.4) is 0 Å². The second kappa shape index (κ2) is 3.85. The van der Waals surface area contributed by atoms with Crippen molar-refractivity contribution in [2.45, 2.75) is 65.2 Å². The molecule has 1 aromatic rings. The van der Waals surface area contributed by atoms with Crippen molar-refractivity contribution in [2.75, 3.05) is 0 Å². The molecule has 2 aliphatic rings. The van der Waals surface area contributed by atoms with E-state index in [2.05, 4.69) is 45.9 Å². The molecule has 0 heteroatoms. The molecule has 2 atom stereocenters. The maximum Gasteiger partial charge on any atom is -0.00391 e. The van der Waals surface area contributed by atoms with E-state index in [-0.39, 0.29) is 0 Å². The number of fused-ring (bicyclic) bond motifs is 3. The summed E-state index contributed by atoms with van der Waals surface area (Å²) in [5.41, 5.74) is 5.67. The van der Waals surface area contributed by atoms with Gasteiger partial charge in [0.2, 0.25) is 0 Å². The lowest BCUT2D eigenvalue weighted by Crippen LogP contribution is -2.47. The van der Waals surface area contributed by atoms with E-state index in [4.69, 9.17) is 0 Å². The van der Waals surface area contributed by atoms with Gasteiger partial charge in [0.15, 0.2) is 0 Å². The minimum absolute atomic E-state index is 0.434. The van der Waals surface area contributed by atoms with Crippen LogP contribution in [-0.4, -0.2) is 0 Å². The third-order valence-electron chi connectivity index (χ3n) is 5.81. The molecule has 0 radical (unpaired) electrons. The number of rotatable bonds is 0. The summed E-state index contributed by atoms with van der Waals surface area (Å²) < 4.78 is 0. The Balaban J connectivity index is 2.11. The third-order valence-corrected chi connectivity index (χ3v) is 5.81. The molecular formula is C18H26. The first-order valence-electron chi connectivity index (χ1n) is 7.53. The van der Waals surface area contributed by atoms with Crippen LogP contribution in [-0.2, 0) is 11.8 Å². The maximum atomic E-state index is 2.53. The molecule has 0 nitrogen and oxygen atoms in total. The van der Waals surface area contributed by atoms with Crippen LogP contribution in [0.25, 0.3) is 0 Å². The summed E-state index contributed by atoms with van der Waals surface area (Å²) in [7, 11) is 0. The van der Waals surface area contributed by atoms with Gasteiger partial charge in [-0.3, -0.25) is 0 Å². The van der Waals surface area contributed by atoms with Gasteiger partial charge in [-0.15, -0.1) is 0 Å². The maximum absolute atomic E-state index is 2.53. The van der Waals surface area contributed by atoms with E-state index in [0.717, 1.165) is 5.92 Å². The van der Waals surface area contributed by atoms with Crippen LogP contribution in [0.4, 0.5) is 0 Å². The molecule has 1 fully saturated rings. The van der Waals surface area contributed by atoms with Gasteiger partial charge in [-0.1, -0.05) is 51.0 Å². The fourth-order valence-corrected chi connectivity index (χ4v) is 4.94.